The molecule has 188 valence electrons. The van der Waals surface area contributed by atoms with Gasteiger partial charge in [0.15, 0.2) is 0 Å². The maximum absolute atomic E-state index is 11.6. The topological polar surface area (TPSA) is 107 Å². The van der Waals surface area contributed by atoms with Crippen molar-refractivity contribution in [3.05, 3.63) is 38.0 Å². The minimum atomic E-state index is -0.789. The van der Waals surface area contributed by atoms with Crippen LogP contribution in [0, 0.1) is 5.41 Å². The van der Waals surface area contributed by atoms with Gasteiger partial charge in [-0.05, 0) is 6.42 Å². The predicted octanol–water partition coefficient (Wildman–Crippen LogP) is 3.83. The first-order chi connectivity index (χ1) is 15.7. The van der Waals surface area contributed by atoms with Gasteiger partial charge in [-0.1, -0.05) is 47.4 Å². The van der Waals surface area contributed by atoms with Crippen LogP contribution in [-0.2, 0) is 42.8 Å². The van der Waals surface area contributed by atoms with Crippen LogP contribution in [0.3, 0.4) is 0 Å². The fraction of sp³-hybridized carbons (Fsp3) is 0.625. The molecule has 3 atom stereocenters. The van der Waals surface area contributed by atoms with Gasteiger partial charge in [0.2, 0.25) is 18.9 Å². The lowest BCUT2D eigenvalue weighted by Crippen LogP contribution is -2.41. The van der Waals surface area contributed by atoms with Crippen LogP contribution in [0.15, 0.2) is 38.0 Å². The minimum absolute atomic E-state index is 0.101. The lowest BCUT2D eigenvalue weighted by Gasteiger charge is -2.35. The molecule has 0 saturated heterocycles. The van der Waals surface area contributed by atoms with Crippen LogP contribution in [0.25, 0.3) is 0 Å². The molecular formula is C24H38O9. The zero-order valence-electron chi connectivity index (χ0n) is 20.2. The molecule has 0 aliphatic carbocycles. The van der Waals surface area contributed by atoms with Gasteiger partial charge in [-0.2, -0.15) is 0 Å². The molecule has 0 N–H and O–H groups in total. The van der Waals surface area contributed by atoms with E-state index in [0.29, 0.717) is 25.7 Å². The van der Waals surface area contributed by atoms with E-state index in [1.165, 1.54) is 0 Å². The molecule has 0 rings (SSSR count). The van der Waals surface area contributed by atoms with E-state index in [2.05, 4.69) is 19.7 Å². The molecular weight excluding hydrogens is 432 g/mol. The molecule has 0 heterocycles. The number of rotatable bonds is 19. The van der Waals surface area contributed by atoms with Gasteiger partial charge < -0.3 is 28.4 Å². The Balaban J connectivity index is 5.47. The van der Waals surface area contributed by atoms with Crippen LogP contribution in [0.1, 0.15) is 53.4 Å². The Morgan fingerprint density at radius 1 is 0.636 bits per heavy atom. The lowest BCUT2D eigenvalue weighted by atomic mass is 9.88. The quantitative estimate of drug-likeness (QED) is 0.120. The zero-order valence-corrected chi connectivity index (χ0v) is 20.2. The van der Waals surface area contributed by atoms with Gasteiger partial charge >= 0.3 is 17.9 Å². The zero-order chi connectivity index (χ0) is 25.3. The second kappa shape index (κ2) is 17.0. The van der Waals surface area contributed by atoms with Crippen LogP contribution in [0.5, 0.6) is 0 Å². The third kappa shape index (κ3) is 12.4. The Morgan fingerprint density at radius 3 is 1.09 bits per heavy atom. The molecule has 9 heteroatoms. The third-order valence-corrected chi connectivity index (χ3v) is 4.72. The molecule has 0 amide bonds. The van der Waals surface area contributed by atoms with Gasteiger partial charge in [0.05, 0.1) is 19.8 Å². The first-order valence-corrected chi connectivity index (χ1v) is 11.1. The molecule has 0 bridgehead atoms. The molecule has 0 aliphatic rings. The summed E-state index contributed by atoms with van der Waals surface area (Å²) in [4.78, 5) is 34.7. The molecule has 0 aliphatic heterocycles. The Kier molecular flexibility index (Phi) is 15.8. The van der Waals surface area contributed by atoms with Crippen LogP contribution < -0.4 is 0 Å². The smallest absolute Gasteiger partial charge is 0.332 e. The normalized spacial score (nSPS) is 15.3. The van der Waals surface area contributed by atoms with Gasteiger partial charge in [0, 0.05) is 42.9 Å². The van der Waals surface area contributed by atoms with Crippen LogP contribution in [0.4, 0.5) is 0 Å². The summed E-state index contributed by atoms with van der Waals surface area (Å²) in [5.74, 6) is -1.79. The van der Waals surface area contributed by atoms with Crippen molar-refractivity contribution in [2.75, 3.05) is 19.8 Å². The van der Waals surface area contributed by atoms with Gasteiger partial charge in [-0.3, -0.25) is 0 Å². The summed E-state index contributed by atoms with van der Waals surface area (Å²) in [6.07, 6.45) is 2.61. The van der Waals surface area contributed by atoms with E-state index in [1.807, 2.05) is 27.7 Å². The largest absolute Gasteiger partial charge is 0.433 e. The molecule has 0 saturated carbocycles. The maximum Gasteiger partial charge on any atom is 0.332 e. The molecule has 0 fully saturated rings. The van der Waals surface area contributed by atoms with Crippen LogP contribution in [0.2, 0.25) is 0 Å². The fourth-order valence-corrected chi connectivity index (χ4v) is 2.48. The number of ether oxygens (including phenoxy) is 6. The summed E-state index contributed by atoms with van der Waals surface area (Å²) < 4.78 is 33.2. The maximum atomic E-state index is 11.6. The highest BCUT2D eigenvalue weighted by Crippen LogP contribution is 2.27. The average Bonchev–Trinajstić information content (AvgIpc) is 2.84. The number of hydrogen-bond donors (Lipinski definition) is 0. The fourth-order valence-electron chi connectivity index (χ4n) is 2.48. The Bertz CT molecular complexity index is 560. The summed E-state index contributed by atoms with van der Waals surface area (Å²) in [7, 11) is 0. The van der Waals surface area contributed by atoms with Gasteiger partial charge in [-0.25, -0.2) is 14.4 Å². The van der Waals surface area contributed by atoms with Crippen LogP contribution in [-0.4, -0.2) is 56.6 Å². The predicted molar refractivity (Wildman–Crippen MR) is 122 cm³/mol. The molecule has 9 nitrogen and oxygen atoms in total. The highest BCUT2D eigenvalue weighted by atomic mass is 16.7. The van der Waals surface area contributed by atoms with E-state index in [0.717, 1.165) is 18.2 Å². The molecule has 0 aromatic heterocycles. The van der Waals surface area contributed by atoms with Gasteiger partial charge in [0.1, 0.15) is 0 Å². The Morgan fingerprint density at radius 2 is 0.909 bits per heavy atom. The molecule has 0 radical (unpaired) electrons. The van der Waals surface area contributed by atoms with Crippen molar-refractivity contribution in [1.82, 2.24) is 0 Å². The first kappa shape index (κ1) is 30.5. The van der Waals surface area contributed by atoms with E-state index in [-0.39, 0.29) is 19.8 Å². The summed E-state index contributed by atoms with van der Waals surface area (Å²) in [5, 5.41) is 0. The third-order valence-electron chi connectivity index (χ3n) is 4.72. The number of carbonyl (C=O) groups excluding carboxylic acids is 3. The van der Waals surface area contributed by atoms with Crippen LogP contribution >= 0.6 is 0 Å². The highest BCUT2D eigenvalue weighted by Gasteiger charge is 2.34. The second-order valence-corrected chi connectivity index (χ2v) is 7.22. The van der Waals surface area contributed by atoms with Gasteiger partial charge in [-0.15, -0.1) is 0 Å². The number of esters is 3. The summed E-state index contributed by atoms with van der Waals surface area (Å²) in [5.41, 5.74) is -0.726. The summed E-state index contributed by atoms with van der Waals surface area (Å²) in [6.45, 7) is 17.8. The monoisotopic (exact) mass is 470 g/mol. The molecule has 33 heavy (non-hydrogen) atoms. The Hall–Kier alpha value is -2.49. The average molecular weight is 471 g/mol. The van der Waals surface area contributed by atoms with Crippen molar-refractivity contribution in [2.24, 2.45) is 5.41 Å². The lowest BCUT2D eigenvalue weighted by molar-refractivity contribution is -0.217. The van der Waals surface area contributed by atoms with Crippen molar-refractivity contribution in [3.63, 3.8) is 0 Å². The van der Waals surface area contributed by atoms with E-state index in [4.69, 9.17) is 28.4 Å². The van der Waals surface area contributed by atoms with E-state index in [9.17, 15) is 14.4 Å². The Labute approximate surface area is 196 Å². The molecule has 0 aromatic rings. The number of carbonyl (C=O) groups is 3. The van der Waals surface area contributed by atoms with E-state index < -0.39 is 42.2 Å². The van der Waals surface area contributed by atoms with Crippen molar-refractivity contribution in [1.29, 1.82) is 0 Å². The van der Waals surface area contributed by atoms with Crippen molar-refractivity contribution in [3.8, 4) is 0 Å². The van der Waals surface area contributed by atoms with Crippen molar-refractivity contribution >= 4 is 17.9 Å². The van der Waals surface area contributed by atoms with Crippen molar-refractivity contribution in [2.45, 2.75) is 72.2 Å². The summed E-state index contributed by atoms with van der Waals surface area (Å²) >= 11 is 0. The molecule has 3 unspecified atom stereocenters. The minimum Gasteiger partial charge on any atom is -0.433 e. The van der Waals surface area contributed by atoms with E-state index in [1.54, 1.807) is 0 Å². The highest BCUT2D eigenvalue weighted by molar-refractivity contribution is 5.81. The van der Waals surface area contributed by atoms with Crippen molar-refractivity contribution < 1.29 is 42.8 Å². The van der Waals surface area contributed by atoms with Gasteiger partial charge in [0.25, 0.3) is 0 Å². The number of hydrogen-bond acceptors (Lipinski definition) is 9. The van der Waals surface area contributed by atoms with E-state index >= 15 is 0 Å². The first-order valence-electron chi connectivity index (χ1n) is 11.1. The molecule has 0 aromatic carbocycles. The second-order valence-electron chi connectivity index (χ2n) is 7.22. The molecule has 0 spiro atoms. The standard InChI is InChI=1S/C24H38O9/c1-8-18(25)31-21(11-4)28-15-24(14-7,16-29-22(12-5)32-19(26)9-2)17-30-23(13-6)33-20(27)10-3/h8-10,21-23H,1-3,11-17H2,4-7H3. The summed E-state index contributed by atoms with van der Waals surface area (Å²) in [6, 6.07) is 0. The SMILES string of the molecule is C=CC(=O)OC(CC)OCC(CC)(COC(CC)OC(=O)C=C)COC(CC)OC(=O)C=C.